The molecule has 0 saturated heterocycles. The van der Waals surface area contributed by atoms with Crippen LogP contribution in [0.5, 0.6) is 5.75 Å². The molecule has 0 aliphatic carbocycles. The van der Waals surface area contributed by atoms with Gasteiger partial charge in [0.05, 0.1) is 0 Å². The first-order valence-electron chi connectivity index (χ1n) is 6.59. The average molecular weight is 336 g/mol. The summed E-state index contributed by atoms with van der Waals surface area (Å²) in [7, 11) is 0. The first-order valence-corrected chi connectivity index (χ1v) is 7.38. The van der Waals surface area contributed by atoms with E-state index in [-0.39, 0.29) is 0 Å². The molecular weight excluding hydrogens is 318 g/mol. The van der Waals surface area contributed by atoms with Crippen LogP contribution in [0.3, 0.4) is 0 Å². The zero-order chi connectivity index (χ0) is 14.4. The van der Waals surface area contributed by atoms with Crippen molar-refractivity contribution in [2.24, 2.45) is 0 Å². The van der Waals surface area contributed by atoms with Gasteiger partial charge in [-0.3, -0.25) is 0 Å². The van der Waals surface area contributed by atoms with Gasteiger partial charge in [-0.2, -0.15) is 0 Å². The Bertz CT molecular complexity index is 561. The molecule has 0 unspecified atom stereocenters. The van der Waals surface area contributed by atoms with Gasteiger partial charge in [-0.05, 0) is 37.2 Å². The molecule has 106 valence electrons. The summed E-state index contributed by atoms with van der Waals surface area (Å²) in [6.45, 7) is 6.21. The number of ether oxygens (including phenoxy) is 1. The van der Waals surface area contributed by atoms with Gasteiger partial charge in [0, 0.05) is 29.0 Å². The number of hydrogen-bond donors (Lipinski definition) is 1. The van der Waals surface area contributed by atoms with E-state index in [0.717, 1.165) is 34.4 Å². The fourth-order valence-electron chi connectivity index (χ4n) is 1.94. The molecule has 0 aliphatic rings. The largest absolute Gasteiger partial charge is 0.485 e. The highest BCUT2D eigenvalue weighted by Crippen LogP contribution is 2.28. The lowest BCUT2D eigenvalue weighted by atomic mass is 10.1. The second-order valence-corrected chi connectivity index (χ2v) is 5.36. The summed E-state index contributed by atoms with van der Waals surface area (Å²) < 4.78 is 6.98. The van der Waals surface area contributed by atoms with Crippen molar-refractivity contribution >= 4 is 15.9 Å². The Hall–Kier alpha value is -1.46. The molecule has 0 atom stereocenters. The van der Waals surface area contributed by atoms with Crippen molar-refractivity contribution < 1.29 is 4.74 Å². The molecule has 1 N–H and O–H groups in total. The van der Waals surface area contributed by atoms with E-state index in [0.29, 0.717) is 12.4 Å². The van der Waals surface area contributed by atoms with E-state index in [1.165, 1.54) is 0 Å². The van der Waals surface area contributed by atoms with Gasteiger partial charge in [-0.25, -0.2) is 9.97 Å². The Morgan fingerprint density at radius 3 is 2.70 bits per heavy atom. The Labute approximate surface area is 127 Å². The smallest absolute Gasteiger partial charge is 0.166 e. The highest BCUT2D eigenvalue weighted by molar-refractivity contribution is 9.10. The second kappa shape index (κ2) is 7.36. The van der Waals surface area contributed by atoms with Crippen LogP contribution in [0.4, 0.5) is 0 Å². The molecule has 0 bridgehead atoms. The van der Waals surface area contributed by atoms with Crippen molar-refractivity contribution in [3.8, 4) is 5.75 Å². The molecule has 0 fully saturated rings. The monoisotopic (exact) mass is 335 g/mol. The van der Waals surface area contributed by atoms with Crippen LogP contribution in [-0.4, -0.2) is 16.5 Å². The molecule has 1 aromatic carbocycles. The maximum Gasteiger partial charge on any atom is 0.166 e. The van der Waals surface area contributed by atoms with Crippen molar-refractivity contribution in [1.29, 1.82) is 0 Å². The SMILES string of the molecule is CCNCc1cc(Br)cc(C)c1OCc1ncccn1. The standard InChI is InChI=1S/C15H18BrN3O/c1-3-17-9-12-8-13(16)7-11(2)15(12)20-10-14-18-5-4-6-19-14/h4-8,17H,3,9-10H2,1-2H3. The predicted molar refractivity (Wildman–Crippen MR) is 82.6 cm³/mol. The van der Waals surface area contributed by atoms with Gasteiger partial charge in [0.15, 0.2) is 5.82 Å². The Balaban J connectivity index is 2.16. The average Bonchev–Trinajstić information content (AvgIpc) is 2.45. The number of nitrogens with one attached hydrogen (secondary N) is 1. The third kappa shape index (κ3) is 4.02. The van der Waals surface area contributed by atoms with Crippen LogP contribution >= 0.6 is 15.9 Å². The first-order chi connectivity index (χ1) is 9.70. The van der Waals surface area contributed by atoms with Crippen molar-refractivity contribution in [2.75, 3.05) is 6.54 Å². The normalized spacial score (nSPS) is 10.6. The van der Waals surface area contributed by atoms with Crippen LogP contribution in [-0.2, 0) is 13.2 Å². The number of aryl methyl sites for hydroxylation is 1. The van der Waals surface area contributed by atoms with E-state index in [2.05, 4.69) is 50.3 Å². The van der Waals surface area contributed by atoms with Gasteiger partial charge < -0.3 is 10.1 Å². The van der Waals surface area contributed by atoms with Gasteiger partial charge in [0.2, 0.25) is 0 Å². The van der Waals surface area contributed by atoms with Crippen LogP contribution in [0.2, 0.25) is 0 Å². The maximum absolute atomic E-state index is 5.92. The summed E-state index contributed by atoms with van der Waals surface area (Å²) in [5, 5.41) is 3.33. The minimum atomic E-state index is 0.377. The van der Waals surface area contributed by atoms with E-state index < -0.39 is 0 Å². The van der Waals surface area contributed by atoms with Gasteiger partial charge in [0.25, 0.3) is 0 Å². The molecule has 0 amide bonds. The molecular formula is C15H18BrN3O. The number of hydrogen-bond acceptors (Lipinski definition) is 4. The number of rotatable bonds is 6. The zero-order valence-corrected chi connectivity index (χ0v) is 13.3. The van der Waals surface area contributed by atoms with Crippen molar-refractivity contribution in [3.63, 3.8) is 0 Å². The van der Waals surface area contributed by atoms with Gasteiger partial charge in [-0.15, -0.1) is 0 Å². The predicted octanol–water partition coefficient (Wildman–Crippen LogP) is 3.24. The summed E-state index contributed by atoms with van der Waals surface area (Å²) in [4.78, 5) is 8.34. The Morgan fingerprint density at radius 1 is 1.25 bits per heavy atom. The highest BCUT2D eigenvalue weighted by Gasteiger charge is 2.09. The first kappa shape index (κ1) is 14.9. The third-order valence-electron chi connectivity index (χ3n) is 2.85. The number of nitrogens with zero attached hydrogens (tertiary/aromatic N) is 2. The molecule has 20 heavy (non-hydrogen) atoms. The van der Waals surface area contributed by atoms with Crippen LogP contribution in [0.1, 0.15) is 23.9 Å². The van der Waals surface area contributed by atoms with E-state index in [1.807, 2.05) is 6.92 Å². The summed E-state index contributed by atoms with van der Waals surface area (Å²) >= 11 is 3.53. The van der Waals surface area contributed by atoms with E-state index >= 15 is 0 Å². The molecule has 0 radical (unpaired) electrons. The summed E-state index contributed by atoms with van der Waals surface area (Å²) in [6.07, 6.45) is 3.44. The summed E-state index contributed by atoms with van der Waals surface area (Å²) in [5.41, 5.74) is 2.23. The lowest BCUT2D eigenvalue weighted by Crippen LogP contribution is -2.13. The van der Waals surface area contributed by atoms with Gasteiger partial charge in [0.1, 0.15) is 12.4 Å². The van der Waals surface area contributed by atoms with Crippen LogP contribution in [0.25, 0.3) is 0 Å². The van der Waals surface area contributed by atoms with Crippen LogP contribution in [0, 0.1) is 6.92 Å². The Morgan fingerprint density at radius 2 is 2.00 bits per heavy atom. The Kier molecular flexibility index (Phi) is 5.49. The molecule has 2 aromatic rings. The highest BCUT2D eigenvalue weighted by atomic mass is 79.9. The number of aromatic nitrogens is 2. The minimum absolute atomic E-state index is 0.377. The third-order valence-corrected chi connectivity index (χ3v) is 3.30. The van der Waals surface area contributed by atoms with E-state index in [9.17, 15) is 0 Å². The van der Waals surface area contributed by atoms with E-state index in [4.69, 9.17) is 4.74 Å². The van der Waals surface area contributed by atoms with Crippen molar-refractivity contribution in [3.05, 3.63) is 52.0 Å². The molecule has 1 heterocycles. The molecule has 5 heteroatoms. The molecule has 0 spiro atoms. The van der Waals surface area contributed by atoms with Crippen molar-refractivity contribution in [2.45, 2.75) is 27.0 Å². The van der Waals surface area contributed by atoms with Crippen LogP contribution < -0.4 is 10.1 Å². The maximum atomic E-state index is 5.92. The zero-order valence-electron chi connectivity index (χ0n) is 11.7. The molecule has 0 saturated carbocycles. The second-order valence-electron chi connectivity index (χ2n) is 4.44. The molecule has 4 nitrogen and oxygen atoms in total. The topological polar surface area (TPSA) is 47.0 Å². The summed E-state index contributed by atoms with van der Waals surface area (Å²) in [5.74, 6) is 1.59. The molecule has 0 aliphatic heterocycles. The fraction of sp³-hybridized carbons (Fsp3) is 0.333. The quantitative estimate of drug-likeness (QED) is 0.880. The lowest BCUT2D eigenvalue weighted by molar-refractivity contribution is 0.290. The lowest BCUT2D eigenvalue weighted by Gasteiger charge is -2.15. The van der Waals surface area contributed by atoms with Crippen molar-refractivity contribution in [1.82, 2.24) is 15.3 Å². The van der Waals surface area contributed by atoms with Gasteiger partial charge >= 0.3 is 0 Å². The van der Waals surface area contributed by atoms with Crippen LogP contribution in [0.15, 0.2) is 35.1 Å². The minimum Gasteiger partial charge on any atom is -0.485 e. The van der Waals surface area contributed by atoms with E-state index in [1.54, 1.807) is 18.5 Å². The fourth-order valence-corrected chi connectivity index (χ4v) is 2.56. The van der Waals surface area contributed by atoms with Gasteiger partial charge in [-0.1, -0.05) is 22.9 Å². The molecule has 2 rings (SSSR count). The number of halogens is 1. The number of benzene rings is 1. The molecule has 1 aromatic heterocycles. The summed E-state index contributed by atoms with van der Waals surface area (Å²) in [6, 6.07) is 5.93.